The summed E-state index contributed by atoms with van der Waals surface area (Å²) in [5.41, 5.74) is 1.68. The van der Waals surface area contributed by atoms with Gasteiger partial charge in [0.2, 0.25) is 0 Å². The van der Waals surface area contributed by atoms with Crippen LogP contribution in [0.4, 0.5) is 4.39 Å². The molecule has 0 aliphatic rings. The molecule has 122 valence electrons. The number of carbonyl (C=O) groups is 2. The molecule has 24 heavy (non-hydrogen) atoms. The summed E-state index contributed by atoms with van der Waals surface area (Å²) in [6.45, 7) is 1.28. The maximum Gasteiger partial charge on any atom is 0.350 e. The highest BCUT2D eigenvalue weighted by molar-refractivity contribution is 7.17. The largest absolute Gasteiger partial charge is 0.453 e. The number of hydrogen-bond acceptors (Lipinski definition) is 6. The summed E-state index contributed by atoms with van der Waals surface area (Å²) >= 11 is 2.77. The fourth-order valence-electron chi connectivity index (χ4n) is 2.04. The van der Waals surface area contributed by atoms with Crippen LogP contribution in [-0.2, 0) is 4.74 Å². The molecule has 7 heteroatoms. The predicted octanol–water partition coefficient (Wildman–Crippen LogP) is 4.36. The van der Waals surface area contributed by atoms with Crippen LogP contribution < -0.4 is 0 Å². The Morgan fingerprint density at radius 1 is 1.29 bits per heavy atom. The Bertz CT molecular complexity index is 887. The van der Waals surface area contributed by atoms with Gasteiger partial charge in [0.05, 0.1) is 5.69 Å². The first-order valence-corrected chi connectivity index (χ1v) is 8.76. The van der Waals surface area contributed by atoms with Gasteiger partial charge in [0, 0.05) is 16.5 Å². The van der Waals surface area contributed by atoms with Crippen LogP contribution in [0.25, 0.3) is 10.6 Å². The molecule has 2 aromatic heterocycles. The van der Waals surface area contributed by atoms with Gasteiger partial charge in [-0.25, -0.2) is 14.2 Å². The van der Waals surface area contributed by atoms with Crippen molar-refractivity contribution in [2.24, 2.45) is 0 Å². The van der Waals surface area contributed by atoms with Crippen molar-refractivity contribution in [3.63, 3.8) is 0 Å². The summed E-state index contributed by atoms with van der Waals surface area (Å²) in [7, 11) is 0. The van der Waals surface area contributed by atoms with Crippen LogP contribution in [-0.4, -0.2) is 23.3 Å². The lowest BCUT2D eigenvalue weighted by Crippen LogP contribution is -2.14. The van der Waals surface area contributed by atoms with Crippen molar-refractivity contribution < 1.29 is 18.7 Å². The van der Waals surface area contributed by atoms with E-state index in [1.807, 2.05) is 16.8 Å². The van der Waals surface area contributed by atoms with Gasteiger partial charge in [-0.05, 0) is 30.5 Å². The third-order valence-electron chi connectivity index (χ3n) is 3.23. The molecule has 0 bridgehead atoms. The molecular formula is C17H12FNO3S2. The number of halogens is 1. The number of aryl methyl sites for hydroxylation is 1. The van der Waals surface area contributed by atoms with Crippen LogP contribution >= 0.6 is 22.7 Å². The summed E-state index contributed by atoms with van der Waals surface area (Å²) in [5, 5.41) is 4.61. The van der Waals surface area contributed by atoms with Crippen molar-refractivity contribution in [1.82, 2.24) is 4.98 Å². The van der Waals surface area contributed by atoms with Crippen molar-refractivity contribution in [2.45, 2.75) is 6.92 Å². The van der Waals surface area contributed by atoms with E-state index in [-0.39, 0.29) is 5.56 Å². The van der Waals surface area contributed by atoms with E-state index in [4.69, 9.17) is 4.74 Å². The quantitative estimate of drug-likeness (QED) is 0.500. The number of esters is 1. The van der Waals surface area contributed by atoms with E-state index in [2.05, 4.69) is 4.98 Å². The smallest absolute Gasteiger partial charge is 0.350 e. The summed E-state index contributed by atoms with van der Waals surface area (Å²) < 4.78 is 18.2. The Morgan fingerprint density at radius 3 is 2.83 bits per heavy atom. The van der Waals surface area contributed by atoms with Crippen molar-refractivity contribution in [2.75, 3.05) is 6.61 Å². The van der Waals surface area contributed by atoms with Gasteiger partial charge in [-0.15, -0.1) is 11.3 Å². The number of hydrogen-bond donors (Lipinski definition) is 0. The fraction of sp³-hybridized carbons (Fsp3) is 0.118. The number of ketones is 1. The summed E-state index contributed by atoms with van der Waals surface area (Å²) in [6.07, 6.45) is 0. The first-order valence-electron chi connectivity index (χ1n) is 7.00. The monoisotopic (exact) mass is 361 g/mol. The first-order chi connectivity index (χ1) is 11.5. The average Bonchev–Trinajstić information content (AvgIpc) is 3.21. The second kappa shape index (κ2) is 7.02. The molecule has 4 nitrogen and oxygen atoms in total. The van der Waals surface area contributed by atoms with Crippen LogP contribution in [0.1, 0.15) is 25.7 Å². The van der Waals surface area contributed by atoms with Gasteiger partial charge in [-0.1, -0.05) is 12.1 Å². The molecule has 0 aliphatic heterocycles. The second-order valence-corrected chi connectivity index (χ2v) is 6.73. The second-order valence-electron chi connectivity index (χ2n) is 4.96. The Labute approximate surface area is 145 Å². The molecule has 0 amide bonds. The van der Waals surface area contributed by atoms with Gasteiger partial charge >= 0.3 is 5.97 Å². The maximum atomic E-state index is 13.1. The Balaban J connectivity index is 1.68. The predicted molar refractivity (Wildman–Crippen MR) is 91.2 cm³/mol. The molecule has 2 heterocycles. The average molecular weight is 361 g/mol. The number of thiazole rings is 1. The summed E-state index contributed by atoms with van der Waals surface area (Å²) in [4.78, 5) is 28.9. The molecule has 0 aliphatic carbocycles. The minimum absolute atomic E-state index is 0.169. The van der Waals surface area contributed by atoms with Crippen LogP contribution in [0.3, 0.4) is 0 Å². The van der Waals surface area contributed by atoms with Crippen molar-refractivity contribution in [3.8, 4) is 10.6 Å². The van der Waals surface area contributed by atoms with E-state index in [1.165, 1.54) is 29.5 Å². The van der Waals surface area contributed by atoms with E-state index >= 15 is 0 Å². The van der Waals surface area contributed by atoms with Gasteiger partial charge in [0.25, 0.3) is 0 Å². The zero-order valence-electron chi connectivity index (χ0n) is 12.6. The Kier molecular flexibility index (Phi) is 4.82. The van der Waals surface area contributed by atoms with Gasteiger partial charge in [-0.2, -0.15) is 11.3 Å². The zero-order chi connectivity index (χ0) is 17.1. The third-order valence-corrected chi connectivity index (χ3v) is 5.10. The number of thiophene rings is 1. The molecule has 0 spiro atoms. The van der Waals surface area contributed by atoms with E-state index in [1.54, 1.807) is 18.3 Å². The SMILES string of the molecule is Cc1nc(-c2ccsc2)sc1C(=O)OCC(=O)c1cccc(F)c1. The van der Waals surface area contributed by atoms with Crippen molar-refractivity contribution >= 4 is 34.4 Å². The topological polar surface area (TPSA) is 56.3 Å². The molecule has 0 radical (unpaired) electrons. The van der Waals surface area contributed by atoms with E-state index < -0.39 is 24.2 Å². The van der Waals surface area contributed by atoms with Gasteiger partial charge in [-0.3, -0.25) is 4.79 Å². The van der Waals surface area contributed by atoms with Crippen LogP contribution in [0.15, 0.2) is 41.1 Å². The molecule has 3 rings (SSSR count). The molecule has 0 saturated carbocycles. The lowest BCUT2D eigenvalue weighted by molar-refractivity contribution is 0.0478. The molecule has 0 atom stereocenters. The molecule has 1 aromatic carbocycles. The normalized spacial score (nSPS) is 10.6. The summed E-state index contributed by atoms with van der Waals surface area (Å²) in [6, 6.07) is 7.19. The minimum Gasteiger partial charge on any atom is -0.453 e. The third kappa shape index (κ3) is 3.58. The summed E-state index contributed by atoms with van der Waals surface area (Å²) in [5.74, 6) is -1.56. The number of carbonyl (C=O) groups excluding carboxylic acids is 2. The van der Waals surface area contributed by atoms with E-state index in [0.29, 0.717) is 10.6 Å². The number of ether oxygens (including phenoxy) is 1. The molecule has 0 N–H and O–H groups in total. The molecule has 3 aromatic rings. The van der Waals surface area contributed by atoms with E-state index in [0.717, 1.165) is 16.6 Å². The van der Waals surface area contributed by atoms with Crippen molar-refractivity contribution in [3.05, 3.63) is 63.0 Å². The number of rotatable bonds is 5. The van der Waals surface area contributed by atoms with E-state index in [9.17, 15) is 14.0 Å². The van der Waals surface area contributed by atoms with Crippen molar-refractivity contribution in [1.29, 1.82) is 0 Å². The number of benzene rings is 1. The Hall–Kier alpha value is -2.38. The number of aromatic nitrogens is 1. The fourth-order valence-corrected chi connectivity index (χ4v) is 3.71. The van der Waals surface area contributed by atoms with Gasteiger partial charge in [0.15, 0.2) is 12.4 Å². The standard InChI is InChI=1S/C17H12FNO3S2/c1-10-15(24-16(19-10)12-5-6-23-9-12)17(21)22-8-14(20)11-3-2-4-13(18)7-11/h2-7,9H,8H2,1H3. The molecular weight excluding hydrogens is 349 g/mol. The number of Topliss-reactive ketones (excluding diaryl/α,β-unsaturated/α-hetero) is 1. The first kappa shape index (κ1) is 16.5. The molecule has 0 unspecified atom stereocenters. The van der Waals surface area contributed by atoms with Crippen LogP contribution in [0.5, 0.6) is 0 Å². The van der Waals surface area contributed by atoms with Crippen LogP contribution in [0, 0.1) is 12.7 Å². The lowest BCUT2D eigenvalue weighted by atomic mass is 10.1. The number of nitrogens with zero attached hydrogens (tertiary/aromatic N) is 1. The molecule has 0 saturated heterocycles. The Morgan fingerprint density at radius 2 is 2.12 bits per heavy atom. The lowest BCUT2D eigenvalue weighted by Gasteiger charge is -2.03. The zero-order valence-corrected chi connectivity index (χ0v) is 14.2. The van der Waals surface area contributed by atoms with Gasteiger partial charge < -0.3 is 4.74 Å². The minimum atomic E-state index is -0.601. The highest BCUT2D eigenvalue weighted by atomic mass is 32.1. The molecule has 0 fully saturated rings. The maximum absolute atomic E-state index is 13.1. The van der Waals surface area contributed by atoms with Gasteiger partial charge in [0.1, 0.15) is 15.7 Å². The highest BCUT2D eigenvalue weighted by Crippen LogP contribution is 2.29. The van der Waals surface area contributed by atoms with Crippen LogP contribution in [0.2, 0.25) is 0 Å². The highest BCUT2D eigenvalue weighted by Gasteiger charge is 2.19.